The van der Waals surface area contributed by atoms with E-state index in [1.807, 2.05) is 0 Å². The average Bonchev–Trinajstić information content (AvgIpc) is 2.26. The zero-order valence-corrected chi connectivity index (χ0v) is 10.6. The van der Waals surface area contributed by atoms with Gasteiger partial charge in [-0.15, -0.1) is 0 Å². The molecule has 0 aliphatic rings. The number of unbranched alkanes of at least 4 members (excludes halogenated alkanes) is 1. The van der Waals surface area contributed by atoms with Gasteiger partial charge in [-0.2, -0.15) is 0 Å². The van der Waals surface area contributed by atoms with E-state index >= 15 is 0 Å². The van der Waals surface area contributed by atoms with Crippen LogP contribution in [0.3, 0.4) is 0 Å². The van der Waals surface area contributed by atoms with Crippen LogP contribution < -0.4 is 5.32 Å². The second-order valence-electron chi connectivity index (χ2n) is 4.31. The lowest BCUT2D eigenvalue weighted by atomic mass is 10.1. The maximum absolute atomic E-state index is 5.24. The van der Waals surface area contributed by atoms with E-state index < -0.39 is 0 Å². The van der Waals surface area contributed by atoms with Gasteiger partial charge in [0, 0.05) is 18.8 Å². The molecule has 1 aromatic carbocycles. The fourth-order valence-electron chi connectivity index (χ4n) is 1.82. The van der Waals surface area contributed by atoms with Gasteiger partial charge >= 0.3 is 0 Å². The first-order valence-electron chi connectivity index (χ1n) is 6.08. The molecule has 0 spiro atoms. The summed E-state index contributed by atoms with van der Waals surface area (Å²) in [4.78, 5) is 0. The first-order chi connectivity index (χ1) is 7.76. The molecule has 2 nitrogen and oxygen atoms in total. The number of nitrogens with one attached hydrogen (secondary N) is 1. The van der Waals surface area contributed by atoms with E-state index in [9.17, 15) is 0 Å². The molecule has 0 saturated carbocycles. The Kier molecular flexibility index (Phi) is 5.94. The Morgan fingerprint density at radius 2 is 2.19 bits per heavy atom. The molecule has 1 aromatic rings. The predicted octanol–water partition coefficient (Wildman–Crippen LogP) is 3.61. The Morgan fingerprint density at radius 3 is 2.81 bits per heavy atom. The van der Waals surface area contributed by atoms with Gasteiger partial charge in [0.15, 0.2) is 0 Å². The molecule has 1 N–H and O–H groups in total. The van der Waals surface area contributed by atoms with E-state index in [2.05, 4.69) is 43.4 Å². The van der Waals surface area contributed by atoms with Crippen molar-refractivity contribution < 1.29 is 4.74 Å². The molecule has 1 rings (SSSR count). The largest absolute Gasteiger partial charge is 0.383 e. The normalized spacial score (nSPS) is 12.4. The molecule has 0 aromatic heterocycles. The van der Waals surface area contributed by atoms with Gasteiger partial charge in [0.2, 0.25) is 0 Å². The molecule has 90 valence electrons. The minimum absolute atomic E-state index is 0.423. The molecular formula is C14H23NO. The molecular weight excluding hydrogens is 198 g/mol. The second kappa shape index (κ2) is 7.29. The standard InChI is InChI=1S/C14H23NO/c1-4-5-8-14(11-16-3)15-13-9-6-7-12(2)10-13/h6-7,9-10,14-15H,4-5,8,11H2,1-3H3. The van der Waals surface area contributed by atoms with Crippen molar-refractivity contribution in [3.05, 3.63) is 29.8 Å². The molecule has 0 heterocycles. The van der Waals surface area contributed by atoms with Gasteiger partial charge in [0.25, 0.3) is 0 Å². The van der Waals surface area contributed by atoms with Crippen LogP contribution in [-0.4, -0.2) is 19.8 Å². The summed E-state index contributed by atoms with van der Waals surface area (Å²) in [6.07, 6.45) is 3.64. The molecule has 0 aliphatic heterocycles. The predicted molar refractivity (Wildman–Crippen MR) is 70.0 cm³/mol. The lowest BCUT2D eigenvalue weighted by Gasteiger charge is -2.19. The van der Waals surface area contributed by atoms with Crippen LogP contribution in [0.25, 0.3) is 0 Å². The molecule has 1 unspecified atom stereocenters. The van der Waals surface area contributed by atoms with Crippen LogP contribution in [0, 0.1) is 6.92 Å². The molecule has 0 bridgehead atoms. The van der Waals surface area contributed by atoms with E-state index in [0.717, 1.165) is 13.0 Å². The lowest BCUT2D eigenvalue weighted by molar-refractivity contribution is 0.182. The van der Waals surface area contributed by atoms with Gasteiger partial charge in [-0.3, -0.25) is 0 Å². The van der Waals surface area contributed by atoms with Gasteiger partial charge < -0.3 is 10.1 Å². The summed E-state index contributed by atoms with van der Waals surface area (Å²) in [5.41, 5.74) is 2.48. The molecule has 16 heavy (non-hydrogen) atoms. The van der Waals surface area contributed by atoms with Crippen molar-refractivity contribution in [3.8, 4) is 0 Å². The minimum Gasteiger partial charge on any atom is -0.383 e. The van der Waals surface area contributed by atoms with Gasteiger partial charge in [-0.25, -0.2) is 0 Å². The second-order valence-corrected chi connectivity index (χ2v) is 4.31. The van der Waals surface area contributed by atoms with Crippen molar-refractivity contribution in [2.75, 3.05) is 19.0 Å². The first-order valence-corrected chi connectivity index (χ1v) is 6.08. The highest BCUT2D eigenvalue weighted by atomic mass is 16.5. The molecule has 0 fully saturated rings. The summed E-state index contributed by atoms with van der Waals surface area (Å²) in [7, 11) is 1.76. The topological polar surface area (TPSA) is 21.3 Å². The van der Waals surface area contributed by atoms with Crippen LogP contribution in [-0.2, 0) is 4.74 Å². The molecule has 0 radical (unpaired) electrons. The van der Waals surface area contributed by atoms with Crippen molar-refractivity contribution >= 4 is 5.69 Å². The highest BCUT2D eigenvalue weighted by Crippen LogP contribution is 2.13. The number of rotatable bonds is 7. The number of benzene rings is 1. The van der Waals surface area contributed by atoms with Gasteiger partial charge in [0.1, 0.15) is 0 Å². The third-order valence-electron chi connectivity index (χ3n) is 2.66. The highest BCUT2D eigenvalue weighted by Gasteiger charge is 2.07. The van der Waals surface area contributed by atoms with Crippen molar-refractivity contribution in [1.82, 2.24) is 0 Å². The highest BCUT2D eigenvalue weighted by molar-refractivity contribution is 5.46. The maximum atomic E-state index is 5.24. The molecule has 2 heteroatoms. The van der Waals surface area contributed by atoms with Crippen LogP contribution in [0.15, 0.2) is 24.3 Å². The molecule has 0 aliphatic carbocycles. The Hall–Kier alpha value is -1.02. The summed E-state index contributed by atoms with van der Waals surface area (Å²) in [5, 5.41) is 3.53. The van der Waals surface area contributed by atoms with Crippen molar-refractivity contribution in [2.45, 2.75) is 39.2 Å². The van der Waals surface area contributed by atoms with E-state index in [1.165, 1.54) is 24.1 Å². The number of methoxy groups -OCH3 is 1. The fourth-order valence-corrected chi connectivity index (χ4v) is 1.82. The Morgan fingerprint density at radius 1 is 1.38 bits per heavy atom. The number of hydrogen-bond donors (Lipinski definition) is 1. The number of anilines is 1. The number of aryl methyl sites for hydroxylation is 1. The molecule has 0 amide bonds. The Bertz CT molecular complexity index is 299. The monoisotopic (exact) mass is 221 g/mol. The van der Waals surface area contributed by atoms with Crippen LogP contribution >= 0.6 is 0 Å². The first kappa shape index (κ1) is 13.0. The zero-order chi connectivity index (χ0) is 11.8. The Labute approximate surface area is 99.0 Å². The van der Waals surface area contributed by atoms with E-state index in [4.69, 9.17) is 4.74 Å². The fraction of sp³-hybridized carbons (Fsp3) is 0.571. The van der Waals surface area contributed by atoms with E-state index in [-0.39, 0.29) is 0 Å². The maximum Gasteiger partial charge on any atom is 0.0664 e. The van der Waals surface area contributed by atoms with E-state index in [1.54, 1.807) is 7.11 Å². The summed E-state index contributed by atoms with van der Waals surface area (Å²) in [6.45, 7) is 5.10. The molecule has 1 atom stereocenters. The minimum atomic E-state index is 0.423. The lowest BCUT2D eigenvalue weighted by Crippen LogP contribution is -2.24. The van der Waals surface area contributed by atoms with Crippen LogP contribution in [0.2, 0.25) is 0 Å². The summed E-state index contributed by atoms with van der Waals surface area (Å²) in [5.74, 6) is 0. The third kappa shape index (κ3) is 4.67. The van der Waals surface area contributed by atoms with Crippen molar-refractivity contribution in [2.24, 2.45) is 0 Å². The van der Waals surface area contributed by atoms with Gasteiger partial charge in [-0.1, -0.05) is 31.9 Å². The zero-order valence-electron chi connectivity index (χ0n) is 10.6. The quantitative estimate of drug-likeness (QED) is 0.759. The van der Waals surface area contributed by atoms with Gasteiger partial charge in [-0.05, 0) is 31.0 Å². The van der Waals surface area contributed by atoms with Crippen molar-refractivity contribution in [3.63, 3.8) is 0 Å². The summed E-state index contributed by atoms with van der Waals surface area (Å²) >= 11 is 0. The smallest absolute Gasteiger partial charge is 0.0664 e. The van der Waals surface area contributed by atoms with Crippen molar-refractivity contribution in [1.29, 1.82) is 0 Å². The van der Waals surface area contributed by atoms with Crippen LogP contribution in [0.4, 0.5) is 5.69 Å². The van der Waals surface area contributed by atoms with E-state index in [0.29, 0.717) is 6.04 Å². The SMILES string of the molecule is CCCCC(COC)Nc1cccc(C)c1. The molecule has 0 saturated heterocycles. The third-order valence-corrected chi connectivity index (χ3v) is 2.66. The number of ether oxygens (including phenoxy) is 1. The summed E-state index contributed by atoms with van der Waals surface area (Å²) in [6, 6.07) is 8.91. The van der Waals surface area contributed by atoms with Crippen LogP contribution in [0.1, 0.15) is 31.7 Å². The van der Waals surface area contributed by atoms with Crippen LogP contribution in [0.5, 0.6) is 0 Å². The Balaban J connectivity index is 2.52. The number of hydrogen-bond acceptors (Lipinski definition) is 2. The summed E-state index contributed by atoms with van der Waals surface area (Å²) < 4.78 is 5.24. The van der Waals surface area contributed by atoms with Gasteiger partial charge in [0.05, 0.1) is 6.61 Å². The average molecular weight is 221 g/mol.